The Kier molecular flexibility index (Phi) is 13.9. The molecule has 260 valence electrons. The summed E-state index contributed by atoms with van der Waals surface area (Å²) in [4.78, 5) is 29.4. The Morgan fingerprint density at radius 2 is 1.83 bits per heavy atom. The molecule has 11 nitrogen and oxygen atoms in total. The lowest BCUT2D eigenvalue weighted by atomic mass is 9.87. The van der Waals surface area contributed by atoms with Crippen LogP contribution in [0.5, 0.6) is 11.5 Å². The van der Waals surface area contributed by atoms with E-state index in [2.05, 4.69) is 10.3 Å². The zero-order chi connectivity index (χ0) is 35.5. The monoisotopic (exact) mass is 666 g/mol. The van der Waals surface area contributed by atoms with Crippen molar-refractivity contribution >= 4 is 29.6 Å². The van der Waals surface area contributed by atoms with Gasteiger partial charge in [-0.15, -0.1) is 0 Å². The maximum absolute atomic E-state index is 13.4. The molecule has 0 spiro atoms. The molecule has 0 unspecified atom stereocenters. The Hall–Kier alpha value is -4.52. The first-order chi connectivity index (χ1) is 22.7. The van der Waals surface area contributed by atoms with Gasteiger partial charge >= 0.3 is 6.09 Å². The van der Waals surface area contributed by atoms with Gasteiger partial charge in [0, 0.05) is 50.0 Å². The Bertz CT molecular complexity index is 1550. The lowest BCUT2D eigenvalue weighted by molar-refractivity contribution is -0.112. The molecule has 48 heavy (non-hydrogen) atoms. The standard InChI is InChI=1S/C36H46FN3O8/c1-20-16-26-31(39-15-14-24-10-12-25(37)13-11-24)28(41)19-27(33(26)43)40-35(44)21(2)8-7-9-29(46-5)34(48-36(38)45)23(4)18-22(3)32(42)30(17-20)47-6/h7-13,15,18-20,22,29-30,32,34,41-43H,14,16-17H2,1-6H3,(H2,38,45)(H,40,44)/t20-,22+,29+,30+,32-,34+/m1/s1/i37-1. The number of methoxy groups -OCH3 is 2. The molecule has 0 saturated carbocycles. The molecule has 2 aromatic carbocycles. The van der Waals surface area contributed by atoms with Gasteiger partial charge in [0.1, 0.15) is 29.1 Å². The number of amides is 2. The van der Waals surface area contributed by atoms with Gasteiger partial charge in [0.25, 0.3) is 5.91 Å². The lowest BCUT2D eigenvalue weighted by Crippen LogP contribution is -2.37. The van der Waals surface area contributed by atoms with E-state index in [0.29, 0.717) is 18.4 Å². The fraction of sp³-hybridized carbons (Fsp3) is 0.417. The van der Waals surface area contributed by atoms with Crippen LogP contribution in [0.4, 0.5) is 20.6 Å². The van der Waals surface area contributed by atoms with Crippen LogP contribution in [0.2, 0.25) is 0 Å². The Morgan fingerprint density at radius 3 is 2.46 bits per heavy atom. The van der Waals surface area contributed by atoms with Gasteiger partial charge in [0.05, 0.1) is 17.9 Å². The van der Waals surface area contributed by atoms with Crippen molar-refractivity contribution < 1.29 is 43.5 Å². The average Bonchev–Trinajstić information content (AvgIpc) is 3.04. The predicted molar refractivity (Wildman–Crippen MR) is 182 cm³/mol. The lowest BCUT2D eigenvalue weighted by Gasteiger charge is -2.29. The fourth-order valence-corrected chi connectivity index (χ4v) is 5.60. The number of halogens is 1. The minimum atomic E-state index is -1.01. The van der Waals surface area contributed by atoms with Gasteiger partial charge < -0.3 is 40.6 Å². The van der Waals surface area contributed by atoms with Crippen LogP contribution in [0.25, 0.3) is 0 Å². The molecule has 0 fully saturated rings. The molecule has 2 bridgehead atoms. The number of carbonyl (C=O) groups is 2. The molecule has 2 aromatic rings. The summed E-state index contributed by atoms with van der Waals surface area (Å²) in [5.41, 5.74) is 7.38. The molecule has 6 N–H and O–H groups in total. The van der Waals surface area contributed by atoms with E-state index in [9.17, 15) is 29.3 Å². The largest absolute Gasteiger partial charge is 0.506 e. The van der Waals surface area contributed by atoms with E-state index < -0.39 is 42.3 Å². The van der Waals surface area contributed by atoms with Crippen molar-refractivity contribution in [2.24, 2.45) is 22.6 Å². The van der Waals surface area contributed by atoms with Crippen molar-refractivity contribution in [2.45, 2.75) is 71.4 Å². The fourth-order valence-electron chi connectivity index (χ4n) is 5.60. The van der Waals surface area contributed by atoms with Gasteiger partial charge in [-0.25, -0.2) is 9.18 Å². The summed E-state index contributed by atoms with van der Waals surface area (Å²) in [7, 11) is 2.92. The number of nitrogens with zero attached hydrogens (tertiary/aromatic N) is 1. The Morgan fingerprint density at radius 1 is 1.15 bits per heavy atom. The number of phenolic OH excluding ortho intramolecular Hbond substituents is 2. The van der Waals surface area contributed by atoms with Crippen LogP contribution in [-0.2, 0) is 31.8 Å². The molecule has 0 radical (unpaired) electrons. The van der Waals surface area contributed by atoms with Gasteiger partial charge in [-0.3, -0.25) is 9.79 Å². The SMILES string of the molecule is CO[C@H]1C=CC=C(C)C(=O)Nc2cc(O)c(N=CCc3ccc([18F])cc3)c(c2O)C[C@@H](C)C[C@H](OC)[C@H](O)[C@@H](C)C=C(C)[C@@H]1OC(N)=O. The first kappa shape index (κ1) is 37.9. The molecule has 1 aliphatic rings. The highest BCUT2D eigenvalue weighted by Gasteiger charge is 2.30. The van der Waals surface area contributed by atoms with Crippen LogP contribution in [0.1, 0.15) is 45.2 Å². The number of carbonyl (C=O) groups excluding carboxylic acids is 2. The molecule has 2 amide bonds. The zero-order valence-electron chi connectivity index (χ0n) is 28.1. The summed E-state index contributed by atoms with van der Waals surface area (Å²) in [6.45, 7) is 7.00. The van der Waals surface area contributed by atoms with Gasteiger partial charge in [-0.1, -0.05) is 50.3 Å². The minimum absolute atomic E-state index is 0.0201. The van der Waals surface area contributed by atoms with E-state index in [-0.39, 0.29) is 52.2 Å². The van der Waals surface area contributed by atoms with E-state index in [1.165, 1.54) is 38.5 Å². The van der Waals surface area contributed by atoms with Gasteiger partial charge in [-0.2, -0.15) is 0 Å². The quantitative estimate of drug-likeness (QED) is 0.114. The molecule has 1 heterocycles. The number of hydrogen-bond acceptors (Lipinski definition) is 9. The molecule has 12 heteroatoms. The maximum atomic E-state index is 13.4. The van der Waals surface area contributed by atoms with E-state index in [4.69, 9.17) is 19.9 Å². The average molecular weight is 667 g/mol. The minimum Gasteiger partial charge on any atom is -0.506 e. The zero-order valence-corrected chi connectivity index (χ0v) is 28.1. The van der Waals surface area contributed by atoms with Gasteiger partial charge in [-0.05, 0) is 55.9 Å². The first-order valence-corrected chi connectivity index (χ1v) is 15.6. The number of primary amides is 1. The molecule has 3 rings (SSSR count). The first-order valence-electron chi connectivity index (χ1n) is 15.6. The summed E-state index contributed by atoms with van der Waals surface area (Å²) in [6.07, 6.45) is 4.52. The highest BCUT2D eigenvalue weighted by molar-refractivity contribution is 6.04. The van der Waals surface area contributed by atoms with Crippen molar-refractivity contribution in [3.8, 4) is 11.5 Å². The molecule has 1 aliphatic heterocycles. The van der Waals surface area contributed by atoms with Crippen LogP contribution in [-0.4, -0.2) is 72.2 Å². The van der Waals surface area contributed by atoms with Crippen molar-refractivity contribution in [2.75, 3.05) is 19.5 Å². The number of ether oxygens (including phenoxy) is 3. The smallest absolute Gasteiger partial charge is 0.405 e. The van der Waals surface area contributed by atoms with Crippen molar-refractivity contribution in [1.29, 1.82) is 0 Å². The third-order valence-electron chi connectivity index (χ3n) is 8.26. The predicted octanol–water partition coefficient (Wildman–Crippen LogP) is 5.64. The van der Waals surface area contributed by atoms with Crippen molar-refractivity contribution in [3.05, 3.63) is 82.7 Å². The normalized spacial score (nSPS) is 24.5. The summed E-state index contributed by atoms with van der Waals surface area (Å²) in [6, 6.07) is 7.16. The number of aromatic hydroxyl groups is 2. The van der Waals surface area contributed by atoms with E-state index in [0.717, 1.165) is 5.56 Å². The summed E-state index contributed by atoms with van der Waals surface area (Å²) < 4.78 is 30.0. The number of aliphatic hydroxyl groups excluding tert-OH is 1. The Labute approximate surface area is 280 Å². The van der Waals surface area contributed by atoms with Crippen molar-refractivity contribution in [1.82, 2.24) is 0 Å². The number of rotatable bonds is 6. The summed E-state index contributed by atoms with van der Waals surface area (Å²) in [5.74, 6) is -2.13. The van der Waals surface area contributed by atoms with Gasteiger partial charge in [0.2, 0.25) is 0 Å². The topological polar surface area (TPSA) is 173 Å². The molecule has 6 atom stereocenters. The number of phenols is 2. The van der Waals surface area contributed by atoms with Crippen LogP contribution in [0.15, 0.2) is 70.8 Å². The highest BCUT2D eigenvalue weighted by atomic mass is 18.2. The molecule has 0 saturated heterocycles. The number of fused-ring (bicyclic) bond motifs is 2. The highest BCUT2D eigenvalue weighted by Crippen LogP contribution is 2.44. The van der Waals surface area contributed by atoms with Crippen LogP contribution < -0.4 is 11.1 Å². The summed E-state index contributed by atoms with van der Waals surface area (Å²) in [5, 5.41) is 36.5. The second-order valence-electron chi connectivity index (χ2n) is 12.1. The number of hydrogen-bond donors (Lipinski definition) is 5. The number of anilines is 1. The number of allylic oxidation sites excluding steroid dienone is 2. The Balaban J connectivity index is 2.10. The number of aliphatic imine (C=N–C) groups is 1. The maximum Gasteiger partial charge on any atom is 0.405 e. The number of nitrogens with one attached hydrogen (secondary N) is 1. The van der Waals surface area contributed by atoms with E-state index >= 15 is 0 Å². The molecule has 0 aromatic heterocycles. The molecular weight excluding hydrogens is 620 g/mol. The number of nitrogens with two attached hydrogens (primary N) is 1. The van der Waals surface area contributed by atoms with E-state index in [1.807, 2.05) is 6.92 Å². The van der Waals surface area contributed by atoms with E-state index in [1.54, 1.807) is 57.3 Å². The second-order valence-corrected chi connectivity index (χ2v) is 12.1. The second kappa shape index (κ2) is 17.6. The molecular formula is C36H46FN3O8. The van der Waals surface area contributed by atoms with Gasteiger partial charge in [0.15, 0.2) is 6.10 Å². The van der Waals surface area contributed by atoms with Crippen LogP contribution >= 0.6 is 0 Å². The third-order valence-corrected chi connectivity index (χ3v) is 8.26. The van der Waals surface area contributed by atoms with Crippen LogP contribution in [0, 0.1) is 17.7 Å². The number of aliphatic hydroxyl groups is 1. The summed E-state index contributed by atoms with van der Waals surface area (Å²) >= 11 is 0. The number of benzene rings is 2. The van der Waals surface area contributed by atoms with Crippen molar-refractivity contribution in [3.63, 3.8) is 0 Å². The third kappa shape index (κ3) is 10.2. The van der Waals surface area contributed by atoms with Crippen LogP contribution in [0.3, 0.4) is 0 Å². The molecule has 0 aliphatic carbocycles.